The highest BCUT2D eigenvalue weighted by atomic mass is 127. The number of hydrogen-bond donors (Lipinski definition) is 0. The standard InChI is InChI=1S/C8H17IO2Si/c1-12(2,3)11-8(10)6-4-5-7-9/h4-7H2,1-3H3. The third-order valence-corrected chi connectivity index (χ3v) is 2.79. The van der Waals surface area contributed by atoms with Crippen molar-refractivity contribution < 1.29 is 9.22 Å². The van der Waals surface area contributed by atoms with Crippen LogP contribution < -0.4 is 0 Å². The predicted molar refractivity (Wildman–Crippen MR) is 62.2 cm³/mol. The molecule has 0 rings (SSSR count). The van der Waals surface area contributed by atoms with Gasteiger partial charge >= 0.3 is 0 Å². The summed E-state index contributed by atoms with van der Waals surface area (Å²) in [6.07, 6.45) is 2.67. The second-order valence-corrected chi connectivity index (χ2v) is 9.24. The first-order valence-electron chi connectivity index (χ1n) is 4.23. The first kappa shape index (κ1) is 12.4. The molecule has 0 bridgehead atoms. The van der Waals surface area contributed by atoms with Crippen molar-refractivity contribution in [2.75, 3.05) is 4.43 Å². The summed E-state index contributed by atoms with van der Waals surface area (Å²) in [5.41, 5.74) is 0. The Morgan fingerprint density at radius 1 is 1.33 bits per heavy atom. The van der Waals surface area contributed by atoms with Crippen LogP contribution in [-0.4, -0.2) is 18.7 Å². The Morgan fingerprint density at radius 3 is 2.33 bits per heavy atom. The molecule has 0 unspecified atom stereocenters. The van der Waals surface area contributed by atoms with E-state index in [0.717, 1.165) is 17.3 Å². The van der Waals surface area contributed by atoms with E-state index in [0.29, 0.717) is 6.42 Å². The Balaban J connectivity index is 3.47. The van der Waals surface area contributed by atoms with Gasteiger partial charge in [0.25, 0.3) is 5.97 Å². The molecule has 0 N–H and O–H groups in total. The number of hydrogen-bond acceptors (Lipinski definition) is 2. The normalized spacial score (nSPS) is 11.3. The molecule has 0 atom stereocenters. The Bertz CT molecular complexity index is 142. The van der Waals surface area contributed by atoms with Crippen LogP contribution in [0.15, 0.2) is 0 Å². The van der Waals surface area contributed by atoms with Gasteiger partial charge in [0.15, 0.2) is 0 Å². The van der Waals surface area contributed by atoms with Crippen LogP contribution in [0.4, 0.5) is 0 Å². The fraction of sp³-hybridized carbons (Fsp3) is 0.875. The van der Waals surface area contributed by atoms with Crippen LogP contribution in [-0.2, 0) is 9.22 Å². The molecular formula is C8H17IO2Si. The van der Waals surface area contributed by atoms with Crippen molar-refractivity contribution in [2.45, 2.75) is 38.9 Å². The average Bonchev–Trinajstić information content (AvgIpc) is 1.84. The largest absolute Gasteiger partial charge is 0.520 e. The lowest BCUT2D eigenvalue weighted by Gasteiger charge is -2.16. The van der Waals surface area contributed by atoms with Crippen LogP contribution in [0.5, 0.6) is 0 Å². The monoisotopic (exact) mass is 300 g/mol. The van der Waals surface area contributed by atoms with Crippen molar-refractivity contribution >= 4 is 36.9 Å². The van der Waals surface area contributed by atoms with Crippen molar-refractivity contribution in [3.05, 3.63) is 0 Å². The molecule has 0 radical (unpaired) electrons. The molecule has 0 aliphatic rings. The fourth-order valence-corrected chi connectivity index (χ4v) is 2.08. The zero-order valence-electron chi connectivity index (χ0n) is 8.02. The molecule has 2 nitrogen and oxygen atoms in total. The van der Waals surface area contributed by atoms with Crippen molar-refractivity contribution in [2.24, 2.45) is 0 Å². The maximum atomic E-state index is 11.1. The highest BCUT2D eigenvalue weighted by Crippen LogP contribution is 2.07. The molecule has 4 heteroatoms. The summed E-state index contributed by atoms with van der Waals surface area (Å²) >= 11 is 2.32. The van der Waals surface area contributed by atoms with E-state index >= 15 is 0 Å². The number of unbranched alkanes of at least 4 members (excludes halogenated alkanes) is 1. The van der Waals surface area contributed by atoms with Gasteiger partial charge in [-0.2, -0.15) is 0 Å². The third-order valence-electron chi connectivity index (χ3n) is 1.18. The van der Waals surface area contributed by atoms with E-state index < -0.39 is 8.32 Å². The van der Waals surface area contributed by atoms with Crippen molar-refractivity contribution in [1.29, 1.82) is 0 Å². The summed E-state index contributed by atoms with van der Waals surface area (Å²) in [5.74, 6) is -0.0148. The maximum Gasteiger partial charge on any atom is 0.292 e. The Morgan fingerprint density at radius 2 is 1.92 bits per heavy atom. The number of halogens is 1. The van der Waals surface area contributed by atoms with Crippen LogP contribution >= 0.6 is 22.6 Å². The van der Waals surface area contributed by atoms with Gasteiger partial charge in [0.05, 0.1) is 0 Å². The van der Waals surface area contributed by atoms with E-state index in [-0.39, 0.29) is 5.97 Å². The minimum Gasteiger partial charge on any atom is -0.520 e. The van der Waals surface area contributed by atoms with E-state index in [1.54, 1.807) is 0 Å². The topological polar surface area (TPSA) is 26.3 Å². The molecular weight excluding hydrogens is 283 g/mol. The molecule has 0 aromatic heterocycles. The predicted octanol–water partition coefficient (Wildman–Crippen LogP) is 2.97. The van der Waals surface area contributed by atoms with Gasteiger partial charge in [0.1, 0.15) is 0 Å². The lowest BCUT2D eigenvalue weighted by atomic mass is 10.3. The van der Waals surface area contributed by atoms with Crippen LogP contribution in [0.1, 0.15) is 19.3 Å². The SMILES string of the molecule is C[Si](C)(C)OC(=O)CCCCI. The summed E-state index contributed by atoms with van der Waals surface area (Å²) in [4.78, 5) is 11.1. The van der Waals surface area contributed by atoms with Gasteiger partial charge in [0.2, 0.25) is 8.32 Å². The summed E-state index contributed by atoms with van der Waals surface area (Å²) in [6.45, 7) is 6.09. The molecule has 0 aromatic rings. The zero-order valence-corrected chi connectivity index (χ0v) is 11.2. The molecule has 0 spiro atoms. The first-order chi connectivity index (χ1) is 5.45. The average molecular weight is 300 g/mol. The fourth-order valence-electron chi connectivity index (χ4n) is 0.756. The van der Waals surface area contributed by atoms with Crippen molar-refractivity contribution in [3.63, 3.8) is 0 Å². The molecule has 0 aliphatic heterocycles. The smallest absolute Gasteiger partial charge is 0.292 e. The summed E-state index contributed by atoms with van der Waals surface area (Å²) in [7, 11) is -1.63. The molecule has 72 valence electrons. The van der Waals surface area contributed by atoms with E-state index in [1.165, 1.54) is 0 Å². The Labute approximate surface area is 89.3 Å². The highest BCUT2D eigenvalue weighted by Gasteiger charge is 2.19. The van der Waals surface area contributed by atoms with E-state index in [4.69, 9.17) is 4.43 Å². The van der Waals surface area contributed by atoms with E-state index in [2.05, 4.69) is 22.6 Å². The lowest BCUT2D eigenvalue weighted by Crippen LogP contribution is -2.28. The molecule has 0 saturated carbocycles. The van der Waals surface area contributed by atoms with Gasteiger partial charge in [-0.3, -0.25) is 4.79 Å². The van der Waals surface area contributed by atoms with Crippen molar-refractivity contribution in [1.82, 2.24) is 0 Å². The van der Waals surface area contributed by atoms with Gasteiger partial charge in [-0.25, -0.2) is 0 Å². The van der Waals surface area contributed by atoms with Gasteiger partial charge in [-0.15, -0.1) is 0 Å². The minimum atomic E-state index is -1.63. The summed E-state index contributed by atoms with van der Waals surface area (Å²) < 4.78 is 6.40. The van der Waals surface area contributed by atoms with Crippen LogP contribution in [0.3, 0.4) is 0 Å². The second-order valence-electron chi connectivity index (χ2n) is 3.73. The zero-order chi connectivity index (χ0) is 9.61. The lowest BCUT2D eigenvalue weighted by molar-refractivity contribution is -0.135. The molecule has 0 fully saturated rings. The summed E-state index contributed by atoms with van der Waals surface area (Å²) in [6, 6.07) is 0. The first-order valence-corrected chi connectivity index (χ1v) is 9.17. The molecule has 0 amide bonds. The number of rotatable bonds is 5. The molecule has 0 heterocycles. The molecule has 0 aliphatic carbocycles. The van der Waals surface area contributed by atoms with E-state index in [9.17, 15) is 4.79 Å². The van der Waals surface area contributed by atoms with Gasteiger partial charge in [-0.05, 0) is 36.9 Å². The molecule has 12 heavy (non-hydrogen) atoms. The quantitative estimate of drug-likeness (QED) is 0.338. The number of alkyl halides is 1. The maximum absolute atomic E-state index is 11.1. The molecule has 0 saturated heterocycles. The van der Waals surface area contributed by atoms with Crippen LogP contribution in [0, 0.1) is 0 Å². The van der Waals surface area contributed by atoms with Gasteiger partial charge in [0, 0.05) is 6.42 Å². The third kappa shape index (κ3) is 8.51. The Hall–Kier alpha value is 0.417. The minimum absolute atomic E-state index is 0.0148. The highest BCUT2D eigenvalue weighted by molar-refractivity contribution is 14.1. The van der Waals surface area contributed by atoms with Crippen molar-refractivity contribution in [3.8, 4) is 0 Å². The second kappa shape index (κ2) is 5.96. The van der Waals surface area contributed by atoms with E-state index in [1.807, 2.05) is 19.6 Å². The van der Waals surface area contributed by atoms with Crippen LogP contribution in [0.2, 0.25) is 19.6 Å². The van der Waals surface area contributed by atoms with Crippen LogP contribution in [0.25, 0.3) is 0 Å². The molecule has 0 aromatic carbocycles. The van der Waals surface area contributed by atoms with Gasteiger partial charge < -0.3 is 4.43 Å². The summed E-state index contributed by atoms with van der Waals surface area (Å²) in [5, 5.41) is 0. The number of carbonyl (C=O) groups is 1. The number of carbonyl (C=O) groups excluding carboxylic acids is 1. The Kier molecular flexibility index (Phi) is 6.17. The van der Waals surface area contributed by atoms with Gasteiger partial charge in [-0.1, -0.05) is 22.6 Å².